The molecule has 8 heteroatoms. The van der Waals surface area contributed by atoms with Crippen LogP contribution in [0.1, 0.15) is 0 Å². The van der Waals surface area contributed by atoms with E-state index in [-0.39, 0.29) is 17.3 Å². The van der Waals surface area contributed by atoms with Gasteiger partial charge in [0.15, 0.2) is 11.5 Å². The third-order valence-corrected chi connectivity index (χ3v) is 4.96. The molecule has 0 aliphatic carbocycles. The van der Waals surface area contributed by atoms with Crippen LogP contribution in [0.15, 0.2) is 23.1 Å². The molecule has 0 atom stereocenters. The van der Waals surface area contributed by atoms with Crippen molar-refractivity contribution >= 4 is 10.0 Å². The van der Waals surface area contributed by atoms with Gasteiger partial charge in [0.2, 0.25) is 10.0 Å². The van der Waals surface area contributed by atoms with Crippen molar-refractivity contribution in [3.63, 3.8) is 0 Å². The van der Waals surface area contributed by atoms with Gasteiger partial charge >= 0.3 is 0 Å². The smallest absolute Gasteiger partial charge is 0.243 e. The summed E-state index contributed by atoms with van der Waals surface area (Å²) in [5.41, 5.74) is 0. The van der Waals surface area contributed by atoms with Gasteiger partial charge in [0.05, 0.1) is 19.1 Å². The predicted octanol–water partition coefficient (Wildman–Crippen LogP) is -2.70. The van der Waals surface area contributed by atoms with Crippen LogP contribution in [-0.4, -0.2) is 53.1 Å². The van der Waals surface area contributed by atoms with Gasteiger partial charge in [0.1, 0.15) is 0 Å². The Morgan fingerprint density at radius 1 is 1.10 bits per heavy atom. The van der Waals surface area contributed by atoms with Crippen LogP contribution in [0, 0.1) is 0 Å². The first-order valence-electron chi connectivity index (χ1n) is 6.02. The van der Waals surface area contributed by atoms with Crippen LogP contribution >= 0.6 is 0 Å². The molecule has 0 amide bonds. The van der Waals surface area contributed by atoms with Gasteiger partial charge in [-0.05, 0) is 12.1 Å². The van der Waals surface area contributed by atoms with Crippen molar-refractivity contribution in [3.05, 3.63) is 18.2 Å². The van der Waals surface area contributed by atoms with Crippen LogP contribution in [0.4, 0.5) is 0 Å². The van der Waals surface area contributed by atoms with E-state index in [1.165, 1.54) is 24.6 Å². The number of nitrogens with one attached hydrogen (secondary N) is 1. The highest BCUT2D eigenvalue weighted by Gasteiger charge is 2.26. The van der Waals surface area contributed by atoms with Gasteiger partial charge in [-0.3, -0.25) is 0 Å². The third kappa shape index (κ3) is 3.35. The lowest BCUT2D eigenvalue weighted by atomic mass is 10.3. The maximum absolute atomic E-state index is 12.5. The summed E-state index contributed by atoms with van der Waals surface area (Å²) in [4.78, 5) is 0.229. The molecule has 20 heavy (non-hydrogen) atoms. The standard InChI is InChI=1S/C12H18N2O4S.ClH/c1-17-11-4-3-10(9-12(11)18-2)19(15,16)14-7-5-13-6-8-14;/h3-4,9,13H,5-8H2,1-2H3;1H/p-1. The molecule has 1 N–H and O–H groups in total. The molecule has 0 unspecified atom stereocenters. The maximum atomic E-state index is 12.5. The van der Waals surface area contributed by atoms with E-state index >= 15 is 0 Å². The second-order valence-electron chi connectivity index (χ2n) is 4.17. The molecule has 6 nitrogen and oxygen atoms in total. The van der Waals surface area contributed by atoms with Crippen LogP contribution in [0.3, 0.4) is 0 Å². The Morgan fingerprint density at radius 3 is 2.25 bits per heavy atom. The van der Waals surface area contributed by atoms with Crippen LogP contribution < -0.4 is 27.2 Å². The largest absolute Gasteiger partial charge is 1.00 e. The number of halogens is 1. The number of hydrogen-bond donors (Lipinski definition) is 1. The van der Waals surface area contributed by atoms with Gasteiger partial charge in [-0.2, -0.15) is 4.31 Å². The van der Waals surface area contributed by atoms with E-state index in [1.54, 1.807) is 12.1 Å². The van der Waals surface area contributed by atoms with E-state index in [2.05, 4.69) is 5.32 Å². The number of nitrogens with zero attached hydrogens (tertiary/aromatic N) is 1. The van der Waals surface area contributed by atoms with E-state index < -0.39 is 10.0 Å². The molecule has 1 saturated heterocycles. The number of rotatable bonds is 4. The normalized spacial score (nSPS) is 16.3. The van der Waals surface area contributed by atoms with E-state index in [1.807, 2.05) is 0 Å². The number of sulfonamides is 1. The molecule has 2 rings (SSSR count). The second kappa shape index (κ2) is 7.12. The second-order valence-corrected chi connectivity index (χ2v) is 6.11. The van der Waals surface area contributed by atoms with Crippen molar-refractivity contribution < 1.29 is 30.3 Å². The summed E-state index contributed by atoms with van der Waals surface area (Å²) in [6.45, 7) is 2.31. The monoisotopic (exact) mass is 321 g/mol. The maximum Gasteiger partial charge on any atom is 0.243 e. The zero-order chi connectivity index (χ0) is 13.9. The molecule has 1 heterocycles. The lowest BCUT2D eigenvalue weighted by molar-refractivity contribution is -0.00000700. The molecule has 0 radical (unpaired) electrons. The minimum Gasteiger partial charge on any atom is -1.00 e. The molecule has 1 aromatic carbocycles. The number of piperazine rings is 1. The van der Waals surface area contributed by atoms with Gasteiger partial charge in [0, 0.05) is 32.2 Å². The first-order valence-corrected chi connectivity index (χ1v) is 7.46. The molecular weight excluding hydrogens is 304 g/mol. The van der Waals surface area contributed by atoms with Crippen LogP contribution in [-0.2, 0) is 10.0 Å². The molecule has 0 bridgehead atoms. The average molecular weight is 322 g/mol. The Morgan fingerprint density at radius 2 is 1.70 bits per heavy atom. The molecule has 0 aromatic heterocycles. The number of benzene rings is 1. The van der Waals surface area contributed by atoms with Crippen molar-refractivity contribution in [1.29, 1.82) is 0 Å². The highest BCUT2D eigenvalue weighted by molar-refractivity contribution is 7.89. The first-order chi connectivity index (χ1) is 9.09. The van der Waals surface area contributed by atoms with E-state index in [4.69, 9.17) is 9.47 Å². The minimum absolute atomic E-state index is 0. The summed E-state index contributed by atoms with van der Waals surface area (Å²) >= 11 is 0. The van der Waals surface area contributed by atoms with Crippen molar-refractivity contribution in [1.82, 2.24) is 9.62 Å². The molecule has 1 fully saturated rings. The number of hydrogen-bond acceptors (Lipinski definition) is 5. The van der Waals surface area contributed by atoms with Gasteiger partial charge < -0.3 is 27.2 Å². The van der Waals surface area contributed by atoms with Crippen LogP contribution in [0.2, 0.25) is 0 Å². The van der Waals surface area contributed by atoms with Gasteiger partial charge in [-0.25, -0.2) is 8.42 Å². The molecule has 114 valence electrons. The molecule has 1 aromatic rings. The fourth-order valence-corrected chi connectivity index (χ4v) is 3.47. The zero-order valence-electron chi connectivity index (χ0n) is 11.4. The Hall–Kier alpha value is -1.02. The summed E-state index contributed by atoms with van der Waals surface area (Å²) in [5, 5.41) is 3.13. The van der Waals surface area contributed by atoms with E-state index in [0.717, 1.165) is 0 Å². The summed E-state index contributed by atoms with van der Waals surface area (Å²) < 4.78 is 36.6. The molecule has 1 aliphatic rings. The Balaban J connectivity index is 0.00000200. The van der Waals surface area contributed by atoms with E-state index in [0.29, 0.717) is 37.7 Å². The fraction of sp³-hybridized carbons (Fsp3) is 0.500. The molecular formula is C12H18ClN2O4S-. The third-order valence-electron chi connectivity index (χ3n) is 3.07. The first kappa shape index (κ1) is 17.0. The minimum atomic E-state index is -3.46. The summed E-state index contributed by atoms with van der Waals surface area (Å²) in [6.07, 6.45) is 0. The lowest BCUT2D eigenvalue weighted by Crippen LogP contribution is -3.00. The highest BCUT2D eigenvalue weighted by Crippen LogP contribution is 2.30. The van der Waals surface area contributed by atoms with Gasteiger partial charge in [-0.1, -0.05) is 0 Å². The van der Waals surface area contributed by atoms with Crippen molar-refractivity contribution in [2.75, 3.05) is 40.4 Å². The Labute approximate surface area is 125 Å². The number of methoxy groups -OCH3 is 2. The number of ether oxygens (including phenoxy) is 2. The van der Waals surface area contributed by atoms with Gasteiger partial charge in [-0.15, -0.1) is 0 Å². The summed E-state index contributed by atoms with van der Waals surface area (Å²) in [6, 6.07) is 4.64. The topological polar surface area (TPSA) is 67.9 Å². The molecule has 1 aliphatic heterocycles. The quantitative estimate of drug-likeness (QED) is 0.654. The van der Waals surface area contributed by atoms with Crippen molar-refractivity contribution in [2.45, 2.75) is 4.90 Å². The summed E-state index contributed by atoms with van der Waals surface area (Å²) in [7, 11) is -0.460. The average Bonchev–Trinajstić information content (AvgIpc) is 2.47. The van der Waals surface area contributed by atoms with Crippen LogP contribution in [0.5, 0.6) is 11.5 Å². The van der Waals surface area contributed by atoms with Crippen LogP contribution in [0.25, 0.3) is 0 Å². The SMILES string of the molecule is COc1ccc(S(=O)(=O)N2CCNCC2)cc1OC.[Cl-]. The summed E-state index contributed by atoms with van der Waals surface area (Å²) in [5.74, 6) is 0.931. The fourth-order valence-electron chi connectivity index (χ4n) is 2.01. The Bertz CT molecular complexity index is 544. The Kier molecular flexibility index (Phi) is 6.07. The zero-order valence-corrected chi connectivity index (χ0v) is 13.0. The van der Waals surface area contributed by atoms with E-state index in [9.17, 15) is 8.42 Å². The lowest BCUT2D eigenvalue weighted by Gasteiger charge is -2.26. The molecule has 0 spiro atoms. The van der Waals surface area contributed by atoms with Gasteiger partial charge in [0.25, 0.3) is 0 Å². The van der Waals surface area contributed by atoms with Crippen molar-refractivity contribution in [3.8, 4) is 11.5 Å². The highest BCUT2D eigenvalue weighted by atomic mass is 35.5. The predicted molar refractivity (Wildman–Crippen MR) is 71.2 cm³/mol. The molecule has 0 saturated carbocycles. The van der Waals surface area contributed by atoms with Crippen molar-refractivity contribution in [2.24, 2.45) is 0 Å².